The number of aromatic amines is 1. The standard InChI is InChI=1S/C27H26F3N9O/c1-4-38-18-11-32-23(19-20(16-9-10-16)33-13-34-25(19)40-3)37-24(18)39(26(38)31)12-15-5-7-17(8-6-15)22-35-14(2)21(36-22)27(28,29)30/h5-8,11,13,16,31H,4,9-10,12H2,1-3H3,(H,35,36). The first-order valence-electron chi connectivity index (χ1n) is 12.8. The Labute approximate surface area is 226 Å². The molecule has 40 heavy (non-hydrogen) atoms. The summed E-state index contributed by atoms with van der Waals surface area (Å²) in [4.78, 5) is 24.7. The van der Waals surface area contributed by atoms with Gasteiger partial charge in [0.05, 0.1) is 25.5 Å². The van der Waals surface area contributed by atoms with E-state index in [1.54, 1.807) is 30.0 Å². The van der Waals surface area contributed by atoms with Crippen molar-refractivity contribution in [2.24, 2.45) is 0 Å². The lowest BCUT2D eigenvalue weighted by Gasteiger charge is -2.11. The molecule has 6 rings (SSSR count). The summed E-state index contributed by atoms with van der Waals surface area (Å²) in [6, 6.07) is 7.05. The summed E-state index contributed by atoms with van der Waals surface area (Å²) in [7, 11) is 1.55. The predicted molar refractivity (Wildman–Crippen MR) is 139 cm³/mol. The molecule has 206 valence electrons. The third kappa shape index (κ3) is 4.40. The number of ether oxygens (including phenoxy) is 1. The Morgan fingerprint density at radius 2 is 1.82 bits per heavy atom. The van der Waals surface area contributed by atoms with E-state index in [0.717, 1.165) is 24.1 Å². The number of fused-ring (bicyclic) bond motifs is 1. The first kappa shape index (κ1) is 25.7. The normalized spacial score (nSPS) is 13.8. The maximum atomic E-state index is 13.2. The molecule has 0 amide bonds. The van der Waals surface area contributed by atoms with Gasteiger partial charge in [-0.2, -0.15) is 13.2 Å². The van der Waals surface area contributed by atoms with Crippen LogP contribution in [-0.2, 0) is 19.3 Å². The molecule has 1 saturated carbocycles. The lowest BCUT2D eigenvalue weighted by Crippen LogP contribution is -2.24. The van der Waals surface area contributed by atoms with Gasteiger partial charge in [0.2, 0.25) is 11.5 Å². The third-order valence-electron chi connectivity index (χ3n) is 7.07. The van der Waals surface area contributed by atoms with E-state index >= 15 is 0 Å². The Morgan fingerprint density at radius 3 is 2.45 bits per heavy atom. The molecule has 4 aromatic heterocycles. The summed E-state index contributed by atoms with van der Waals surface area (Å²) in [5, 5.41) is 8.85. The van der Waals surface area contributed by atoms with Crippen LogP contribution in [0.5, 0.6) is 5.88 Å². The van der Waals surface area contributed by atoms with E-state index in [0.29, 0.717) is 53.0 Å². The molecule has 0 saturated heterocycles. The molecule has 1 aromatic carbocycles. The maximum Gasteiger partial charge on any atom is 0.435 e. The van der Waals surface area contributed by atoms with Crippen molar-refractivity contribution in [2.45, 2.75) is 51.9 Å². The van der Waals surface area contributed by atoms with Crippen molar-refractivity contribution >= 4 is 11.2 Å². The summed E-state index contributed by atoms with van der Waals surface area (Å²) in [5.74, 6) is 1.30. The van der Waals surface area contributed by atoms with Crippen LogP contribution in [0.3, 0.4) is 0 Å². The van der Waals surface area contributed by atoms with Crippen LogP contribution in [0, 0.1) is 12.3 Å². The number of imidazole rings is 2. The molecule has 0 radical (unpaired) electrons. The molecule has 0 bridgehead atoms. The van der Waals surface area contributed by atoms with E-state index < -0.39 is 11.9 Å². The number of aryl methyl sites for hydroxylation is 2. The molecule has 0 unspecified atom stereocenters. The monoisotopic (exact) mass is 549 g/mol. The zero-order chi connectivity index (χ0) is 28.2. The molecule has 5 aromatic rings. The van der Waals surface area contributed by atoms with E-state index in [1.807, 2.05) is 23.6 Å². The SMILES string of the molecule is CCn1c(=N)n(Cc2ccc(-c3nc(C(F)(F)F)c(C)[nH]3)cc2)c2nc(-c3c(OC)ncnc3C3CC3)ncc21. The van der Waals surface area contributed by atoms with Crippen molar-refractivity contribution < 1.29 is 17.9 Å². The molecule has 1 fully saturated rings. The van der Waals surface area contributed by atoms with Gasteiger partial charge in [0, 0.05) is 23.7 Å². The van der Waals surface area contributed by atoms with Crippen molar-refractivity contribution in [1.29, 1.82) is 5.41 Å². The van der Waals surface area contributed by atoms with Gasteiger partial charge in [-0.3, -0.25) is 9.98 Å². The minimum atomic E-state index is -4.52. The van der Waals surface area contributed by atoms with E-state index in [9.17, 15) is 13.2 Å². The number of rotatable bonds is 7. The van der Waals surface area contributed by atoms with E-state index in [2.05, 4.69) is 24.9 Å². The highest BCUT2D eigenvalue weighted by Gasteiger charge is 2.36. The van der Waals surface area contributed by atoms with Crippen LogP contribution in [0.2, 0.25) is 0 Å². The van der Waals surface area contributed by atoms with Crippen molar-refractivity contribution in [3.63, 3.8) is 0 Å². The zero-order valence-electron chi connectivity index (χ0n) is 22.0. The lowest BCUT2D eigenvalue weighted by atomic mass is 10.1. The van der Waals surface area contributed by atoms with Crippen molar-refractivity contribution in [3.05, 3.63) is 65.1 Å². The number of alkyl halides is 3. The molecule has 1 aliphatic carbocycles. The summed E-state index contributed by atoms with van der Waals surface area (Å²) >= 11 is 0. The van der Waals surface area contributed by atoms with Crippen molar-refractivity contribution in [3.8, 4) is 28.7 Å². The third-order valence-corrected chi connectivity index (χ3v) is 7.07. The summed E-state index contributed by atoms with van der Waals surface area (Å²) < 4.78 is 48.7. The fourth-order valence-corrected chi connectivity index (χ4v) is 4.94. The Kier molecular flexibility index (Phi) is 6.15. The highest BCUT2D eigenvalue weighted by molar-refractivity contribution is 5.76. The Hall–Kier alpha value is -4.55. The molecule has 1 aliphatic rings. The second kappa shape index (κ2) is 9.57. The fraction of sp³-hybridized carbons (Fsp3) is 0.333. The molecule has 0 aliphatic heterocycles. The highest BCUT2D eigenvalue weighted by atomic mass is 19.4. The molecule has 0 atom stereocenters. The van der Waals surface area contributed by atoms with Crippen LogP contribution in [0.1, 0.15) is 48.3 Å². The molecular formula is C27H26F3N9O. The Bertz CT molecular complexity index is 1780. The van der Waals surface area contributed by atoms with Crippen LogP contribution in [0.4, 0.5) is 13.2 Å². The van der Waals surface area contributed by atoms with Gasteiger partial charge >= 0.3 is 6.18 Å². The summed E-state index contributed by atoms with van der Waals surface area (Å²) in [6.45, 7) is 4.17. The maximum absolute atomic E-state index is 13.2. The number of halogens is 3. The van der Waals surface area contributed by atoms with Crippen LogP contribution in [0.15, 0.2) is 36.8 Å². The number of nitrogens with one attached hydrogen (secondary N) is 2. The molecule has 2 N–H and O–H groups in total. The number of H-pyrrole nitrogens is 1. The van der Waals surface area contributed by atoms with Crippen LogP contribution < -0.4 is 10.4 Å². The van der Waals surface area contributed by atoms with Gasteiger partial charge in [-0.05, 0) is 32.3 Å². The van der Waals surface area contributed by atoms with Gasteiger partial charge in [0.1, 0.15) is 23.2 Å². The topological polar surface area (TPSA) is 123 Å². The predicted octanol–water partition coefficient (Wildman–Crippen LogP) is 4.84. The van der Waals surface area contributed by atoms with Crippen LogP contribution in [-0.4, -0.2) is 46.1 Å². The molecular weight excluding hydrogens is 523 g/mol. The van der Waals surface area contributed by atoms with E-state index in [4.69, 9.17) is 15.1 Å². The number of nitrogens with zero attached hydrogens (tertiary/aromatic N) is 7. The first-order chi connectivity index (χ1) is 19.2. The largest absolute Gasteiger partial charge is 0.480 e. The summed E-state index contributed by atoms with van der Waals surface area (Å²) in [5.41, 5.74) is 3.47. The van der Waals surface area contributed by atoms with Crippen molar-refractivity contribution in [1.82, 2.24) is 39.0 Å². The van der Waals surface area contributed by atoms with E-state index in [1.165, 1.54) is 13.3 Å². The minimum absolute atomic E-state index is 0.0332. The zero-order valence-corrected chi connectivity index (χ0v) is 22.0. The van der Waals surface area contributed by atoms with Gasteiger partial charge in [-0.25, -0.2) is 24.9 Å². The smallest absolute Gasteiger partial charge is 0.435 e. The van der Waals surface area contributed by atoms with Gasteiger partial charge in [0.15, 0.2) is 17.2 Å². The summed E-state index contributed by atoms with van der Waals surface area (Å²) in [6.07, 6.45) is 0.734. The fourth-order valence-electron chi connectivity index (χ4n) is 4.94. The quantitative estimate of drug-likeness (QED) is 0.300. The lowest BCUT2D eigenvalue weighted by molar-refractivity contribution is -0.141. The molecule has 10 nitrogen and oxygen atoms in total. The second-order valence-electron chi connectivity index (χ2n) is 9.73. The van der Waals surface area contributed by atoms with E-state index in [-0.39, 0.29) is 17.1 Å². The van der Waals surface area contributed by atoms with Gasteiger partial charge in [0.25, 0.3) is 0 Å². The number of benzene rings is 1. The number of hydrogen-bond donors (Lipinski definition) is 2. The molecule has 13 heteroatoms. The average molecular weight is 550 g/mol. The minimum Gasteiger partial charge on any atom is -0.480 e. The molecule has 0 spiro atoms. The van der Waals surface area contributed by atoms with Crippen LogP contribution in [0.25, 0.3) is 33.9 Å². The van der Waals surface area contributed by atoms with Crippen LogP contribution >= 0.6 is 0 Å². The number of hydrogen-bond acceptors (Lipinski definition) is 7. The highest BCUT2D eigenvalue weighted by Crippen LogP contribution is 2.44. The number of aromatic nitrogens is 8. The first-order valence-corrected chi connectivity index (χ1v) is 12.8. The average Bonchev–Trinajstić information content (AvgIpc) is 3.66. The second-order valence-corrected chi connectivity index (χ2v) is 9.73. The number of methoxy groups -OCH3 is 1. The Balaban J connectivity index is 1.39. The molecule has 4 heterocycles. The van der Waals surface area contributed by atoms with Gasteiger partial charge in [-0.1, -0.05) is 24.3 Å². The van der Waals surface area contributed by atoms with Crippen molar-refractivity contribution in [2.75, 3.05) is 7.11 Å². The van der Waals surface area contributed by atoms with Gasteiger partial charge < -0.3 is 14.3 Å². The van der Waals surface area contributed by atoms with Gasteiger partial charge in [-0.15, -0.1) is 0 Å². The Morgan fingerprint density at radius 1 is 1.07 bits per heavy atom.